The molecule has 1 unspecified atom stereocenters. The van der Waals surface area contributed by atoms with E-state index in [1.165, 1.54) is 6.08 Å². The van der Waals surface area contributed by atoms with Gasteiger partial charge in [-0.05, 0) is 12.5 Å². The number of unbranched alkanes of at least 4 members (excludes halogenated alkanes) is 2. The molecular weight excluding hydrogens is 140 g/mol. The van der Waals surface area contributed by atoms with Crippen LogP contribution in [-0.2, 0) is 4.79 Å². The van der Waals surface area contributed by atoms with Crippen LogP contribution in [0, 0.1) is 0 Å². The average molecular weight is 156 g/mol. The van der Waals surface area contributed by atoms with Gasteiger partial charge in [0, 0.05) is 0 Å². The number of carbonyl (C=O) groups is 1. The van der Waals surface area contributed by atoms with Crippen molar-refractivity contribution in [1.82, 2.24) is 0 Å². The third kappa shape index (κ3) is 4.73. The quantitative estimate of drug-likeness (QED) is 0.469. The highest BCUT2D eigenvalue weighted by Crippen LogP contribution is 2.03. The summed E-state index contributed by atoms with van der Waals surface area (Å²) in [7, 11) is 0. The Hall–Kier alpha value is -0.630. The van der Waals surface area contributed by atoms with E-state index in [1.807, 2.05) is 0 Å². The Balaban J connectivity index is 3.43. The van der Waals surface area contributed by atoms with E-state index in [0.717, 1.165) is 19.3 Å². The molecule has 0 aliphatic rings. The largest absolute Gasteiger partial charge is 0.385 e. The first kappa shape index (κ1) is 10.4. The molecule has 0 rings (SSSR count). The number of aliphatic hydroxyl groups is 1. The molecule has 2 heteroatoms. The first-order valence-electron chi connectivity index (χ1n) is 4.06. The van der Waals surface area contributed by atoms with Crippen molar-refractivity contribution in [1.29, 1.82) is 0 Å². The molecule has 0 spiro atoms. The number of rotatable bonds is 6. The van der Waals surface area contributed by atoms with Crippen LogP contribution in [0.2, 0.25) is 0 Å². The fraction of sp³-hybridized carbons (Fsp3) is 0.667. The van der Waals surface area contributed by atoms with E-state index in [0.29, 0.717) is 6.42 Å². The predicted molar refractivity (Wildman–Crippen MR) is 45.4 cm³/mol. The molecule has 11 heavy (non-hydrogen) atoms. The SMILES string of the molecule is C=CC(=O)C(O)CCCCC. The van der Waals surface area contributed by atoms with Gasteiger partial charge in [-0.2, -0.15) is 0 Å². The van der Waals surface area contributed by atoms with Gasteiger partial charge in [-0.25, -0.2) is 0 Å². The second-order valence-electron chi connectivity index (χ2n) is 2.62. The van der Waals surface area contributed by atoms with Crippen LogP contribution in [0.25, 0.3) is 0 Å². The number of carbonyl (C=O) groups excluding carboxylic acids is 1. The van der Waals surface area contributed by atoms with Crippen LogP contribution in [0.4, 0.5) is 0 Å². The maximum Gasteiger partial charge on any atom is 0.183 e. The predicted octanol–water partition coefficient (Wildman–Crippen LogP) is 1.68. The highest BCUT2D eigenvalue weighted by molar-refractivity contribution is 5.92. The number of hydrogen-bond acceptors (Lipinski definition) is 2. The van der Waals surface area contributed by atoms with Crippen molar-refractivity contribution < 1.29 is 9.90 Å². The fourth-order valence-electron chi connectivity index (χ4n) is 0.866. The third-order valence-corrected chi connectivity index (χ3v) is 1.61. The Morgan fingerprint density at radius 1 is 1.64 bits per heavy atom. The van der Waals surface area contributed by atoms with Gasteiger partial charge < -0.3 is 5.11 Å². The lowest BCUT2D eigenvalue weighted by Crippen LogP contribution is -2.17. The molecular formula is C9H16O2. The molecule has 64 valence electrons. The van der Waals surface area contributed by atoms with Gasteiger partial charge in [0.05, 0.1) is 0 Å². The zero-order chi connectivity index (χ0) is 8.69. The molecule has 0 saturated heterocycles. The van der Waals surface area contributed by atoms with Crippen LogP contribution >= 0.6 is 0 Å². The number of ketones is 1. The van der Waals surface area contributed by atoms with Crippen molar-refractivity contribution in [3.8, 4) is 0 Å². The minimum Gasteiger partial charge on any atom is -0.385 e. The van der Waals surface area contributed by atoms with Crippen LogP contribution in [0.5, 0.6) is 0 Å². The van der Waals surface area contributed by atoms with Gasteiger partial charge in [0.2, 0.25) is 0 Å². The summed E-state index contributed by atoms with van der Waals surface area (Å²) in [5.74, 6) is -0.263. The second kappa shape index (κ2) is 6.10. The van der Waals surface area contributed by atoms with Crippen LogP contribution in [0.15, 0.2) is 12.7 Å². The lowest BCUT2D eigenvalue weighted by Gasteiger charge is -2.04. The zero-order valence-corrected chi connectivity index (χ0v) is 7.05. The summed E-state index contributed by atoms with van der Waals surface area (Å²) in [6.45, 7) is 5.39. The highest BCUT2D eigenvalue weighted by Gasteiger charge is 2.09. The Labute approximate surface area is 67.9 Å². The molecule has 0 aromatic rings. The van der Waals surface area contributed by atoms with Crippen molar-refractivity contribution >= 4 is 5.78 Å². The van der Waals surface area contributed by atoms with E-state index in [2.05, 4.69) is 13.5 Å². The van der Waals surface area contributed by atoms with E-state index >= 15 is 0 Å². The van der Waals surface area contributed by atoms with Crippen molar-refractivity contribution in [2.24, 2.45) is 0 Å². The molecule has 0 bridgehead atoms. The van der Waals surface area contributed by atoms with E-state index in [1.54, 1.807) is 0 Å². The van der Waals surface area contributed by atoms with E-state index < -0.39 is 6.10 Å². The Kier molecular flexibility index (Phi) is 5.75. The van der Waals surface area contributed by atoms with Crippen molar-refractivity contribution in [2.45, 2.75) is 38.7 Å². The summed E-state index contributed by atoms with van der Waals surface area (Å²) in [5.41, 5.74) is 0. The molecule has 0 heterocycles. The van der Waals surface area contributed by atoms with Crippen molar-refractivity contribution in [3.63, 3.8) is 0 Å². The molecule has 0 aromatic heterocycles. The molecule has 0 fully saturated rings. The zero-order valence-electron chi connectivity index (χ0n) is 7.05. The van der Waals surface area contributed by atoms with E-state index in [4.69, 9.17) is 5.11 Å². The van der Waals surface area contributed by atoms with E-state index in [9.17, 15) is 4.79 Å². The monoisotopic (exact) mass is 156 g/mol. The maximum absolute atomic E-state index is 10.7. The van der Waals surface area contributed by atoms with Gasteiger partial charge in [0.15, 0.2) is 5.78 Å². The van der Waals surface area contributed by atoms with Crippen LogP contribution < -0.4 is 0 Å². The standard InChI is InChI=1S/C9H16O2/c1-3-5-6-7-9(11)8(10)4-2/h4,9,11H,2-3,5-7H2,1H3. The molecule has 2 nitrogen and oxygen atoms in total. The fourth-order valence-corrected chi connectivity index (χ4v) is 0.866. The molecule has 0 amide bonds. The minimum atomic E-state index is -0.820. The van der Waals surface area contributed by atoms with Gasteiger partial charge in [0.25, 0.3) is 0 Å². The summed E-state index contributed by atoms with van der Waals surface area (Å²) < 4.78 is 0. The van der Waals surface area contributed by atoms with Gasteiger partial charge in [-0.1, -0.05) is 32.8 Å². The lowest BCUT2D eigenvalue weighted by molar-refractivity contribution is -0.122. The first-order chi connectivity index (χ1) is 5.22. The van der Waals surface area contributed by atoms with Gasteiger partial charge >= 0.3 is 0 Å². The van der Waals surface area contributed by atoms with Crippen molar-refractivity contribution in [2.75, 3.05) is 0 Å². The summed E-state index contributed by atoms with van der Waals surface area (Å²) in [6.07, 6.45) is 4.02. The Morgan fingerprint density at radius 3 is 2.73 bits per heavy atom. The highest BCUT2D eigenvalue weighted by atomic mass is 16.3. The second-order valence-corrected chi connectivity index (χ2v) is 2.62. The number of hydrogen-bond donors (Lipinski definition) is 1. The normalized spacial score (nSPS) is 12.5. The van der Waals surface area contributed by atoms with Gasteiger partial charge in [-0.15, -0.1) is 0 Å². The smallest absolute Gasteiger partial charge is 0.183 e. The van der Waals surface area contributed by atoms with Crippen LogP contribution in [0.1, 0.15) is 32.6 Å². The van der Waals surface area contributed by atoms with Crippen molar-refractivity contribution in [3.05, 3.63) is 12.7 Å². The molecule has 0 aliphatic carbocycles. The molecule has 0 saturated carbocycles. The molecule has 1 N–H and O–H groups in total. The van der Waals surface area contributed by atoms with Gasteiger partial charge in [-0.3, -0.25) is 4.79 Å². The van der Waals surface area contributed by atoms with Crippen LogP contribution in [-0.4, -0.2) is 17.0 Å². The molecule has 0 radical (unpaired) electrons. The maximum atomic E-state index is 10.7. The lowest BCUT2D eigenvalue weighted by atomic mass is 10.1. The molecule has 1 atom stereocenters. The topological polar surface area (TPSA) is 37.3 Å². The van der Waals surface area contributed by atoms with E-state index in [-0.39, 0.29) is 5.78 Å². The summed E-state index contributed by atoms with van der Waals surface area (Å²) in [6, 6.07) is 0. The minimum absolute atomic E-state index is 0.263. The van der Waals surface area contributed by atoms with Gasteiger partial charge in [0.1, 0.15) is 6.10 Å². The first-order valence-corrected chi connectivity index (χ1v) is 4.06. The van der Waals surface area contributed by atoms with Crippen LogP contribution in [0.3, 0.4) is 0 Å². The average Bonchev–Trinajstić information content (AvgIpc) is 2.03. The third-order valence-electron chi connectivity index (χ3n) is 1.61. The summed E-state index contributed by atoms with van der Waals surface area (Å²) in [5, 5.41) is 9.12. The number of aliphatic hydroxyl groups excluding tert-OH is 1. The molecule has 0 aromatic carbocycles. The summed E-state index contributed by atoms with van der Waals surface area (Å²) in [4.78, 5) is 10.7. The summed E-state index contributed by atoms with van der Waals surface area (Å²) >= 11 is 0. The molecule has 0 aliphatic heterocycles. The Morgan fingerprint density at radius 2 is 2.27 bits per heavy atom. The Bertz CT molecular complexity index is 130.